The zero-order valence-corrected chi connectivity index (χ0v) is 9.67. The van der Waals surface area contributed by atoms with Gasteiger partial charge in [-0.05, 0) is 12.5 Å². The Hall–Kier alpha value is -1.57. The average molecular weight is 266 g/mol. The molecule has 1 aliphatic rings. The number of aliphatic carboxylic acids is 1. The largest absolute Gasteiger partial charge is 0.480 e. The van der Waals surface area contributed by atoms with E-state index in [0.717, 1.165) is 0 Å². The molecule has 0 aliphatic carbocycles. The van der Waals surface area contributed by atoms with Crippen molar-refractivity contribution in [2.75, 3.05) is 26.2 Å². The van der Waals surface area contributed by atoms with Crippen LogP contribution in [0.1, 0.15) is 6.92 Å². The first-order valence-corrected chi connectivity index (χ1v) is 5.18. The highest BCUT2D eigenvalue weighted by Crippen LogP contribution is 2.19. The lowest BCUT2D eigenvalue weighted by atomic mass is 10.0. The third-order valence-electron chi connectivity index (χ3n) is 2.51. The molecule has 0 aromatic carbocycles. The summed E-state index contributed by atoms with van der Waals surface area (Å²) >= 11 is 0. The molecule has 102 valence electrons. The highest BCUT2D eigenvalue weighted by atomic mass is 19.4. The Bertz CT molecular complexity index is 384. The third kappa shape index (κ3) is 4.02. The summed E-state index contributed by atoms with van der Waals surface area (Å²) in [6.45, 7) is -0.217. The summed E-state index contributed by atoms with van der Waals surface area (Å²) < 4.78 is 36.8. The fraction of sp³-hybridized carbons (Fsp3) is 0.600. The number of carbonyl (C=O) groups is 2. The van der Waals surface area contributed by atoms with Crippen LogP contribution in [-0.2, 0) is 9.59 Å². The molecule has 1 rings (SSSR count). The Morgan fingerprint density at radius 2 is 1.94 bits per heavy atom. The van der Waals surface area contributed by atoms with E-state index in [2.05, 4.69) is 5.32 Å². The van der Waals surface area contributed by atoms with Gasteiger partial charge in [0.25, 0.3) is 0 Å². The fourth-order valence-electron chi connectivity index (χ4n) is 1.48. The van der Waals surface area contributed by atoms with Gasteiger partial charge in [-0.2, -0.15) is 13.2 Å². The summed E-state index contributed by atoms with van der Waals surface area (Å²) in [6, 6.07) is 0. The van der Waals surface area contributed by atoms with Crippen molar-refractivity contribution in [1.29, 1.82) is 0 Å². The standard InChI is InChI=1S/C10H13F3N2O3/c1-6(7-2-14-3-7)9(18)15(4-8(16)17)5-10(11,12)13/h14H,2-5H2,1H3,(H,16,17). The van der Waals surface area contributed by atoms with Crippen molar-refractivity contribution in [3.63, 3.8) is 0 Å². The minimum Gasteiger partial charge on any atom is -0.480 e. The number of carbonyl (C=O) groups excluding carboxylic acids is 1. The smallest absolute Gasteiger partial charge is 0.406 e. The molecular weight excluding hydrogens is 253 g/mol. The Morgan fingerprint density at radius 1 is 1.39 bits per heavy atom. The maximum absolute atomic E-state index is 12.3. The van der Waals surface area contributed by atoms with Crippen LogP contribution in [0.4, 0.5) is 13.2 Å². The summed E-state index contributed by atoms with van der Waals surface area (Å²) in [6.07, 6.45) is -4.62. The molecule has 0 radical (unpaired) electrons. The van der Waals surface area contributed by atoms with Crippen LogP contribution in [0.15, 0.2) is 11.1 Å². The number of amides is 1. The highest BCUT2D eigenvalue weighted by Gasteiger charge is 2.35. The van der Waals surface area contributed by atoms with E-state index >= 15 is 0 Å². The molecule has 18 heavy (non-hydrogen) atoms. The third-order valence-corrected chi connectivity index (χ3v) is 2.51. The van der Waals surface area contributed by atoms with Gasteiger partial charge in [0.2, 0.25) is 5.91 Å². The molecule has 0 unspecified atom stereocenters. The van der Waals surface area contributed by atoms with E-state index in [0.29, 0.717) is 23.6 Å². The lowest BCUT2D eigenvalue weighted by Crippen LogP contribution is -2.44. The van der Waals surface area contributed by atoms with Crippen LogP contribution >= 0.6 is 0 Å². The lowest BCUT2D eigenvalue weighted by Gasteiger charge is -2.26. The van der Waals surface area contributed by atoms with Gasteiger partial charge in [-0.1, -0.05) is 0 Å². The minimum absolute atomic E-state index is 0.180. The second-order valence-corrected chi connectivity index (χ2v) is 4.00. The average Bonchev–Trinajstić information content (AvgIpc) is 2.09. The van der Waals surface area contributed by atoms with Gasteiger partial charge in [-0.3, -0.25) is 9.59 Å². The van der Waals surface area contributed by atoms with E-state index in [-0.39, 0.29) is 5.57 Å². The van der Waals surface area contributed by atoms with E-state index in [1.54, 1.807) is 0 Å². The fourth-order valence-corrected chi connectivity index (χ4v) is 1.48. The molecule has 1 amide bonds. The van der Waals surface area contributed by atoms with Gasteiger partial charge in [-0.25, -0.2) is 0 Å². The van der Waals surface area contributed by atoms with E-state index < -0.39 is 31.1 Å². The van der Waals surface area contributed by atoms with Crippen molar-refractivity contribution in [1.82, 2.24) is 10.2 Å². The van der Waals surface area contributed by atoms with Gasteiger partial charge in [0.05, 0.1) is 0 Å². The van der Waals surface area contributed by atoms with Gasteiger partial charge in [0, 0.05) is 18.7 Å². The monoisotopic (exact) mass is 266 g/mol. The zero-order chi connectivity index (χ0) is 13.9. The molecule has 1 aliphatic heterocycles. The molecule has 5 nitrogen and oxygen atoms in total. The summed E-state index contributed by atoms with van der Waals surface area (Å²) in [7, 11) is 0. The Balaban J connectivity index is 2.82. The molecule has 0 aromatic rings. The molecule has 0 bridgehead atoms. The lowest BCUT2D eigenvalue weighted by molar-refractivity contribution is -0.163. The first kappa shape index (κ1) is 14.5. The maximum Gasteiger partial charge on any atom is 0.406 e. The predicted octanol–water partition coefficient (Wildman–Crippen LogP) is 0.382. The van der Waals surface area contributed by atoms with Crippen molar-refractivity contribution in [3.05, 3.63) is 11.1 Å². The Labute approximate surface area is 101 Å². The highest BCUT2D eigenvalue weighted by molar-refractivity contribution is 5.95. The Morgan fingerprint density at radius 3 is 2.28 bits per heavy atom. The van der Waals surface area contributed by atoms with Crippen molar-refractivity contribution >= 4 is 11.9 Å². The second-order valence-electron chi connectivity index (χ2n) is 4.00. The number of nitrogens with zero attached hydrogens (tertiary/aromatic N) is 1. The molecule has 0 spiro atoms. The number of hydrogen-bond acceptors (Lipinski definition) is 3. The number of alkyl halides is 3. The van der Waals surface area contributed by atoms with Crippen molar-refractivity contribution < 1.29 is 27.9 Å². The SMILES string of the molecule is CC(C(=O)N(CC(=O)O)CC(F)(F)F)=C1CNC1. The molecule has 0 aromatic heterocycles. The second kappa shape index (κ2) is 5.38. The molecule has 8 heteroatoms. The summed E-state index contributed by atoms with van der Waals surface area (Å²) in [5.74, 6) is -2.36. The van der Waals surface area contributed by atoms with Crippen LogP contribution in [0, 0.1) is 0 Å². The molecule has 1 fully saturated rings. The van der Waals surface area contributed by atoms with Gasteiger partial charge >= 0.3 is 12.1 Å². The van der Waals surface area contributed by atoms with Gasteiger partial charge in [0.15, 0.2) is 0 Å². The topological polar surface area (TPSA) is 69.6 Å². The van der Waals surface area contributed by atoms with Crippen LogP contribution in [0.3, 0.4) is 0 Å². The van der Waals surface area contributed by atoms with Crippen LogP contribution in [0.5, 0.6) is 0 Å². The van der Waals surface area contributed by atoms with Crippen LogP contribution in [0.25, 0.3) is 0 Å². The first-order chi connectivity index (χ1) is 8.20. The van der Waals surface area contributed by atoms with Crippen molar-refractivity contribution in [2.24, 2.45) is 0 Å². The van der Waals surface area contributed by atoms with Crippen LogP contribution in [0.2, 0.25) is 0 Å². The number of hydrogen-bond donors (Lipinski definition) is 2. The van der Waals surface area contributed by atoms with E-state index in [4.69, 9.17) is 5.11 Å². The number of rotatable bonds is 4. The minimum atomic E-state index is -4.62. The summed E-state index contributed by atoms with van der Waals surface area (Å²) in [5.41, 5.74) is 0.886. The first-order valence-electron chi connectivity index (χ1n) is 5.18. The molecule has 0 saturated carbocycles. The molecule has 1 heterocycles. The number of carboxylic acids is 1. The molecule has 0 atom stereocenters. The summed E-state index contributed by atoms with van der Waals surface area (Å²) in [5, 5.41) is 11.4. The van der Waals surface area contributed by atoms with E-state index in [1.807, 2.05) is 0 Å². The normalized spacial score (nSPS) is 15.0. The van der Waals surface area contributed by atoms with Gasteiger partial charge < -0.3 is 15.3 Å². The molecule has 1 saturated heterocycles. The predicted molar refractivity (Wildman–Crippen MR) is 55.8 cm³/mol. The van der Waals surface area contributed by atoms with E-state index in [1.165, 1.54) is 6.92 Å². The number of carboxylic acid groups (broad SMARTS) is 1. The van der Waals surface area contributed by atoms with Crippen molar-refractivity contribution in [2.45, 2.75) is 13.1 Å². The van der Waals surface area contributed by atoms with Crippen LogP contribution < -0.4 is 5.32 Å². The maximum atomic E-state index is 12.3. The van der Waals surface area contributed by atoms with Gasteiger partial charge in [0.1, 0.15) is 13.1 Å². The van der Waals surface area contributed by atoms with Crippen molar-refractivity contribution in [3.8, 4) is 0 Å². The zero-order valence-electron chi connectivity index (χ0n) is 9.67. The van der Waals surface area contributed by atoms with Crippen LogP contribution in [-0.4, -0.2) is 54.2 Å². The number of halogens is 3. The van der Waals surface area contributed by atoms with Gasteiger partial charge in [-0.15, -0.1) is 0 Å². The molecule has 2 N–H and O–H groups in total. The summed E-state index contributed by atoms with van der Waals surface area (Å²) in [4.78, 5) is 22.5. The quantitative estimate of drug-likeness (QED) is 0.722. The molecular formula is C10H13F3N2O3. The Kier molecular flexibility index (Phi) is 4.33. The number of nitrogens with one attached hydrogen (secondary N) is 1. The van der Waals surface area contributed by atoms with E-state index in [9.17, 15) is 22.8 Å².